The highest BCUT2D eigenvalue weighted by atomic mass is 127. The van der Waals surface area contributed by atoms with Gasteiger partial charge in [-0.25, -0.2) is 0 Å². The van der Waals surface area contributed by atoms with E-state index in [1.54, 1.807) is 0 Å². The van der Waals surface area contributed by atoms with Gasteiger partial charge in [-0.3, -0.25) is 0 Å². The van der Waals surface area contributed by atoms with Gasteiger partial charge in [0.2, 0.25) is 0 Å². The standard InChI is InChI=1S/C7H11IO/c1-6(4-8)3-7(2)5-9/h3-4,9H,5H2,1-2H3. The Morgan fingerprint density at radius 2 is 2.11 bits per heavy atom. The first-order valence-electron chi connectivity index (χ1n) is 2.75. The predicted octanol–water partition coefficient (Wildman–Crippen LogP) is 2.26. The molecule has 0 spiro atoms. The summed E-state index contributed by atoms with van der Waals surface area (Å²) in [5.41, 5.74) is 2.18. The fraction of sp³-hybridized carbons (Fsp3) is 0.429. The van der Waals surface area contributed by atoms with Crippen LogP contribution >= 0.6 is 22.6 Å². The molecule has 1 nitrogen and oxygen atoms in total. The van der Waals surface area contributed by atoms with Crippen molar-refractivity contribution in [1.29, 1.82) is 0 Å². The van der Waals surface area contributed by atoms with Crippen LogP contribution in [0.3, 0.4) is 0 Å². The van der Waals surface area contributed by atoms with Crippen molar-refractivity contribution >= 4 is 22.6 Å². The lowest BCUT2D eigenvalue weighted by molar-refractivity contribution is 0.331. The van der Waals surface area contributed by atoms with Gasteiger partial charge in [-0.15, -0.1) is 0 Å². The lowest BCUT2D eigenvalue weighted by Crippen LogP contribution is -1.83. The summed E-state index contributed by atoms with van der Waals surface area (Å²) >= 11 is 2.17. The van der Waals surface area contributed by atoms with Gasteiger partial charge in [0, 0.05) is 0 Å². The second kappa shape index (κ2) is 4.99. The van der Waals surface area contributed by atoms with Crippen LogP contribution in [0.5, 0.6) is 0 Å². The quantitative estimate of drug-likeness (QED) is 0.577. The summed E-state index contributed by atoms with van der Waals surface area (Å²) in [6, 6.07) is 0. The van der Waals surface area contributed by atoms with Crippen LogP contribution in [0.2, 0.25) is 0 Å². The van der Waals surface area contributed by atoms with Crippen LogP contribution in [0.1, 0.15) is 13.8 Å². The van der Waals surface area contributed by atoms with Crippen molar-refractivity contribution in [3.05, 3.63) is 21.3 Å². The largest absolute Gasteiger partial charge is 0.392 e. The number of rotatable bonds is 2. The van der Waals surface area contributed by atoms with E-state index in [9.17, 15) is 0 Å². The molecule has 0 rings (SSSR count). The van der Waals surface area contributed by atoms with Crippen LogP contribution in [0.4, 0.5) is 0 Å². The second-order valence-corrected chi connectivity index (χ2v) is 2.62. The van der Waals surface area contributed by atoms with E-state index in [1.807, 2.05) is 24.0 Å². The minimum atomic E-state index is 0.155. The summed E-state index contributed by atoms with van der Waals surface area (Å²) in [6.45, 7) is 4.07. The van der Waals surface area contributed by atoms with E-state index < -0.39 is 0 Å². The molecule has 0 amide bonds. The zero-order chi connectivity index (χ0) is 7.28. The van der Waals surface area contributed by atoms with Crippen molar-refractivity contribution in [1.82, 2.24) is 0 Å². The topological polar surface area (TPSA) is 20.2 Å². The molecule has 0 saturated heterocycles. The van der Waals surface area contributed by atoms with Gasteiger partial charge >= 0.3 is 0 Å². The smallest absolute Gasteiger partial charge is 0.0642 e. The molecule has 0 atom stereocenters. The highest BCUT2D eigenvalue weighted by Crippen LogP contribution is 2.02. The molecule has 0 aliphatic carbocycles. The van der Waals surface area contributed by atoms with Crippen molar-refractivity contribution in [2.24, 2.45) is 0 Å². The molecule has 0 aromatic rings. The third-order valence-electron chi connectivity index (χ3n) is 0.896. The van der Waals surface area contributed by atoms with E-state index in [1.165, 1.54) is 5.57 Å². The minimum absolute atomic E-state index is 0.155. The predicted molar refractivity (Wildman–Crippen MR) is 48.6 cm³/mol. The number of aliphatic hydroxyl groups excluding tert-OH is 1. The van der Waals surface area contributed by atoms with E-state index in [4.69, 9.17) is 5.11 Å². The van der Waals surface area contributed by atoms with Crippen molar-refractivity contribution in [2.75, 3.05) is 6.61 Å². The Labute approximate surface area is 69.6 Å². The molecule has 0 heterocycles. The van der Waals surface area contributed by atoms with Gasteiger partial charge in [0.1, 0.15) is 0 Å². The van der Waals surface area contributed by atoms with Crippen molar-refractivity contribution in [2.45, 2.75) is 13.8 Å². The first kappa shape index (κ1) is 9.17. The number of hydrogen-bond donors (Lipinski definition) is 1. The Hall–Kier alpha value is 0.170. The molecular weight excluding hydrogens is 227 g/mol. The lowest BCUT2D eigenvalue weighted by atomic mass is 10.2. The Balaban J connectivity index is 3.95. The maximum atomic E-state index is 8.58. The second-order valence-electron chi connectivity index (χ2n) is 2.00. The molecule has 0 fully saturated rings. The molecule has 9 heavy (non-hydrogen) atoms. The van der Waals surface area contributed by atoms with Gasteiger partial charge in [0.25, 0.3) is 0 Å². The van der Waals surface area contributed by atoms with Crippen LogP contribution in [0.25, 0.3) is 0 Å². The van der Waals surface area contributed by atoms with Crippen LogP contribution in [-0.2, 0) is 0 Å². The maximum absolute atomic E-state index is 8.58. The Bertz CT molecular complexity index is 136. The summed E-state index contributed by atoms with van der Waals surface area (Å²) in [6.07, 6.45) is 1.96. The van der Waals surface area contributed by atoms with Gasteiger partial charge in [0.15, 0.2) is 0 Å². The average Bonchev–Trinajstić information content (AvgIpc) is 1.87. The molecule has 0 aliphatic heterocycles. The maximum Gasteiger partial charge on any atom is 0.0642 e. The Kier molecular flexibility index (Phi) is 5.09. The molecule has 2 heteroatoms. The van der Waals surface area contributed by atoms with Gasteiger partial charge < -0.3 is 5.11 Å². The molecule has 52 valence electrons. The van der Waals surface area contributed by atoms with Crippen LogP contribution in [-0.4, -0.2) is 11.7 Å². The monoisotopic (exact) mass is 238 g/mol. The summed E-state index contributed by atoms with van der Waals surface area (Å²) in [4.78, 5) is 0. The number of allylic oxidation sites excluding steroid dienone is 2. The van der Waals surface area contributed by atoms with Crippen molar-refractivity contribution in [3.63, 3.8) is 0 Å². The van der Waals surface area contributed by atoms with E-state index >= 15 is 0 Å². The first-order chi connectivity index (χ1) is 4.20. The average molecular weight is 238 g/mol. The highest BCUT2D eigenvalue weighted by Gasteiger charge is 1.84. The Morgan fingerprint density at radius 3 is 2.44 bits per heavy atom. The molecule has 0 unspecified atom stereocenters. The Morgan fingerprint density at radius 1 is 1.56 bits per heavy atom. The van der Waals surface area contributed by atoms with Crippen LogP contribution in [0, 0.1) is 0 Å². The van der Waals surface area contributed by atoms with Gasteiger partial charge in [-0.1, -0.05) is 28.7 Å². The van der Waals surface area contributed by atoms with Gasteiger partial charge in [0.05, 0.1) is 6.61 Å². The third kappa shape index (κ3) is 4.66. The molecule has 0 radical (unpaired) electrons. The molecule has 0 saturated carbocycles. The summed E-state index contributed by atoms with van der Waals surface area (Å²) < 4.78 is 1.98. The molecule has 0 aromatic heterocycles. The van der Waals surface area contributed by atoms with Crippen LogP contribution < -0.4 is 0 Å². The van der Waals surface area contributed by atoms with Gasteiger partial charge in [-0.2, -0.15) is 0 Å². The lowest BCUT2D eigenvalue weighted by Gasteiger charge is -1.92. The fourth-order valence-electron chi connectivity index (χ4n) is 0.466. The summed E-state index contributed by atoms with van der Waals surface area (Å²) in [7, 11) is 0. The first-order valence-corrected chi connectivity index (χ1v) is 4.00. The molecule has 0 bridgehead atoms. The SMILES string of the molecule is CC(=CI)C=C(C)CO. The van der Waals surface area contributed by atoms with Crippen molar-refractivity contribution in [3.8, 4) is 0 Å². The van der Waals surface area contributed by atoms with Crippen molar-refractivity contribution < 1.29 is 5.11 Å². The highest BCUT2D eigenvalue weighted by molar-refractivity contribution is 14.1. The number of aliphatic hydroxyl groups is 1. The van der Waals surface area contributed by atoms with E-state index in [-0.39, 0.29) is 6.61 Å². The fourth-order valence-corrected chi connectivity index (χ4v) is 0.646. The number of halogens is 1. The zero-order valence-corrected chi connectivity index (χ0v) is 7.84. The molecule has 1 N–H and O–H groups in total. The van der Waals surface area contributed by atoms with Crippen LogP contribution in [0.15, 0.2) is 21.3 Å². The van der Waals surface area contributed by atoms with E-state index in [0.29, 0.717) is 0 Å². The normalized spacial score (nSPS) is 14.2. The van der Waals surface area contributed by atoms with E-state index in [0.717, 1.165) is 5.57 Å². The van der Waals surface area contributed by atoms with E-state index in [2.05, 4.69) is 22.6 Å². The third-order valence-corrected chi connectivity index (χ3v) is 1.88. The minimum Gasteiger partial charge on any atom is -0.392 e. The summed E-state index contributed by atoms with van der Waals surface area (Å²) in [5, 5.41) is 8.58. The number of hydrogen-bond acceptors (Lipinski definition) is 1. The molecule has 0 aliphatic rings. The summed E-state index contributed by atoms with van der Waals surface area (Å²) in [5.74, 6) is 0. The van der Waals surface area contributed by atoms with Gasteiger partial charge in [-0.05, 0) is 29.1 Å². The zero-order valence-electron chi connectivity index (χ0n) is 5.69. The molecular formula is C7H11IO. The molecule has 0 aromatic carbocycles.